The normalized spacial score (nSPS) is 11.3. The molecule has 0 bridgehead atoms. The molecular weight excluding hydrogens is 252 g/mol. The van der Waals surface area contributed by atoms with Crippen molar-refractivity contribution in [2.24, 2.45) is 0 Å². The number of halogens is 1. The van der Waals surface area contributed by atoms with Crippen LogP contribution in [0.4, 0.5) is 0 Å². The standard InChI is InChI=1S/C10H11ClO4S/c11-16(14,15)9-6-4-8(5-7-9)2-1-3-10(12)13/h4-7H,1-3H2,(H,12,13). The van der Waals surface area contributed by atoms with Crippen molar-refractivity contribution in [3.63, 3.8) is 0 Å². The number of aryl methyl sites for hydroxylation is 1. The van der Waals surface area contributed by atoms with Crippen molar-refractivity contribution < 1.29 is 18.3 Å². The number of carbonyl (C=O) groups is 1. The van der Waals surface area contributed by atoms with Crippen LogP contribution in [0.3, 0.4) is 0 Å². The fraction of sp³-hybridized carbons (Fsp3) is 0.300. The Bertz CT molecular complexity index is 464. The molecule has 0 radical (unpaired) electrons. The van der Waals surface area contributed by atoms with Crippen LogP contribution < -0.4 is 0 Å². The van der Waals surface area contributed by atoms with E-state index in [0.717, 1.165) is 5.56 Å². The lowest BCUT2D eigenvalue weighted by Gasteiger charge is -2.01. The Kier molecular flexibility index (Phi) is 4.32. The number of hydrogen-bond acceptors (Lipinski definition) is 3. The van der Waals surface area contributed by atoms with Gasteiger partial charge in [0.2, 0.25) is 0 Å². The molecule has 4 nitrogen and oxygen atoms in total. The van der Waals surface area contributed by atoms with Gasteiger partial charge in [-0.2, -0.15) is 0 Å². The number of hydrogen-bond donors (Lipinski definition) is 1. The van der Waals surface area contributed by atoms with Gasteiger partial charge in [-0.1, -0.05) is 12.1 Å². The third-order valence-electron chi connectivity index (χ3n) is 2.06. The summed E-state index contributed by atoms with van der Waals surface area (Å²) in [5.41, 5.74) is 0.894. The van der Waals surface area contributed by atoms with Gasteiger partial charge in [-0.05, 0) is 30.5 Å². The first-order valence-electron chi connectivity index (χ1n) is 4.65. The van der Waals surface area contributed by atoms with E-state index in [1.807, 2.05) is 0 Å². The predicted molar refractivity (Wildman–Crippen MR) is 60.1 cm³/mol. The molecule has 0 aliphatic carbocycles. The zero-order valence-corrected chi connectivity index (χ0v) is 9.96. The Hall–Kier alpha value is -1.07. The van der Waals surface area contributed by atoms with Gasteiger partial charge in [0, 0.05) is 17.1 Å². The quantitative estimate of drug-likeness (QED) is 0.824. The van der Waals surface area contributed by atoms with E-state index in [1.54, 1.807) is 12.1 Å². The van der Waals surface area contributed by atoms with Crippen molar-refractivity contribution in [3.05, 3.63) is 29.8 Å². The summed E-state index contributed by atoms with van der Waals surface area (Å²) in [6.07, 6.45) is 1.24. The molecule has 0 atom stereocenters. The molecule has 0 amide bonds. The summed E-state index contributed by atoms with van der Waals surface area (Å²) in [7, 11) is 1.48. The Balaban J connectivity index is 2.62. The SMILES string of the molecule is O=C(O)CCCc1ccc(S(=O)(=O)Cl)cc1. The zero-order chi connectivity index (χ0) is 12.2. The maximum Gasteiger partial charge on any atom is 0.303 e. The van der Waals surface area contributed by atoms with Crippen molar-refractivity contribution in [1.29, 1.82) is 0 Å². The van der Waals surface area contributed by atoms with Crippen LogP contribution in [0.25, 0.3) is 0 Å². The van der Waals surface area contributed by atoms with Gasteiger partial charge in [0.15, 0.2) is 0 Å². The second kappa shape index (κ2) is 5.32. The minimum Gasteiger partial charge on any atom is -0.481 e. The van der Waals surface area contributed by atoms with Crippen LogP contribution in [0.5, 0.6) is 0 Å². The van der Waals surface area contributed by atoms with Crippen LogP contribution in [0, 0.1) is 0 Å². The largest absolute Gasteiger partial charge is 0.481 e. The second-order valence-corrected chi connectivity index (χ2v) is 5.90. The molecule has 0 saturated carbocycles. The number of benzene rings is 1. The topological polar surface area (TPSA) is 71.4 Å². The molecule has 0 aliphatic heterocycles. The van der Waals surface area contributed by atoms with Crippen molar-refractivity contribution in [2.45, 2.75) is 24.2 Å². The van der Waals surface area contributed by atoms with Crippen LogP contribution >= 0.6 is 10.7 Å². The van der Waals surface area contributed by atoms with Gasteiger partial charge in [0.05, 0.1) is 4.90 Å². The molecule has 0 saturated heterocycles. The van der Waals surface area contributed by atoms with Crippen LogP contribution in [0.15, 0.2) is 29.2 Å². The Morgan fingerprint density at radius 2 is 1.81 bits per heavy atom. The monoisotopic (exact) mass is 262 g/mol. The molecule has 1 aromatic carbocycles. The van der Waals surface area contributed by atoms with E-state index in [1.165, 1.54) is 12.1 Å². The maximum absolute atomic E-state index is 10.9. The lowest BCUT2D eigenvalue weighted by atomic mass is 10.1. The number of carboxylic acids is 1. The first-order valence-corrected chi connectivity index (χ1v) is 6.96. The fourth-order valence-electron chi connectivity index (χ4n) is 1.26. The summed E-state index contributed by atoms with van der Waals surface area (Å²) in [6.45, 7) is 0. The Morgan fingerprint density at radius 3 is 2.25 bits per heavy atom. The molecular formula is C10H11ClO4S. The third kappa shape index (κ3) is 4.20. The van der Waals surface area contributed by atoms with Gasteiger partial charge < -0.3 is 5.11 Å². The van der Waals surface area contributed by atoms with Crippen LogP contribution in [0.2, 0.25) is 0 Å². The lowest BCUT2D eigenvalue weighted by Crippen LogP contribution is -1.96. The highest BCUT2D eigenvalue weighted by Crippen LogP contribution is 2.16. The van der Waals surface area contributed by atoms with E-state index in [0.29, 0.717) is 12.8 Å². The summed E-state index contributed by atoms with van der Waals surface area (Å²) < 4.78 is 21.9. The second-order valence-electron chi connectivity index (χ2n) is 3.33. The molecule has 1 aromatic rings. The number of aliphatic carboxylic acids is 1. The molecule has 1 N–H and O–H groups in total. The Labute approximate surface area is 98.3 Å². The fourth-order valence-corrected chi connectivity index (χ4v) is 2.03. The number of rotatable bonds is 5. The van der Waals surface area contributed by atoms with E-state index < -0.39 is 15.0 Å². The molecule has 6 heteroatoms. The van der Waals surface area contributed by atoms with E-state index in [2.05, 4.69) is 0 Å². The van der Waals surface area contributed by atoms with Crippen molar-refractivity contribution in [3.8, 4) is 0 Å². The zero-order valence-electron chi connectivity index (χ0n) is 8.39. The minimum atomic E-state index is -3.68. The molecule has 0 unspecified atom stereocenters. The lowest BCUT2D eigenvalue weighted by molar-refractivity contribution is -0.137. The molecule has 0 spiro atoms. The van der Waals surface area contributed by atoms with Gasteiger partial charge in [-0.25, -0.2) is 8.42 Å². The molecule has 88 valence electrons. The first-order chi connectivity index (χ1) is 7.39. The van der Waals surface area contributed by atoms with E-state index in [-0.39, 0.29) is 11.3 Å². The first kappa shape index (κ1) is 13.0. The van der Waals surface area contributed by atoms with Crippen LogP contribution in [0.1, 0.15) is 18.4 Å². The summed E-state index contributed by atoms with van der Waals surface area (Å²) in [5.74, 6) is -0.833. The van der Waals surface area contributed by atoms with Crippen molar-refractivity contribution >= 4 is 25.7 Å². The smallest absolute Gasteiger partial charge is 0.303 e. The maximum atomic E-state index is 10.9. The van der Waals surface area contributed by atoms with Gasteiger partial charge >= 0.3 is 5.97 Å². The highest BCUT2D eigenvalue weighted by molar-refractivity contribution is 8.13. The van der Waals surface area contributed by atoms with E-state index >= 15 is 0 Å². The third-order valence-corrected chi connectivity index (χ3v) is 3.43. The molecule has 0 heterocycles. The minimum absolute atomic E-state index is 0.0520. The van der Waals surface area contributed by atoms with Gasteiger partial charge in [-0.15, -0.1) is 0 Å². The molecule has 16 heavy (non-hydrogen) atoms. The van der Waals surface area contributed by atoms with Crippen molar-refractivity contribution in [2.75, 3.05) is 0 Å². The average Bonchev–Trinajstić information content (AvgIpc) is 2.16. The average molecular weight is 263 g/mol. The van der Waals surface area contributed by atoms with Crippen molar-refractivity contribution in [1.82, 2.24) is 0 Å². The summed E-state index contributed by atoms with van der Waals surface area (Å²) >= 11 is 0. The van der Waals surface area contributed by atoms with E-state index in [9.17, 15) is 13.2 Å². The number of carboxylic acid groups (broad SMARTS) is 1. The summed E-state index contributed by atoms with van der Waals surface area (Å²) in [6, 6.07) is 6.10. The highest BCUT2D eigenvalue weighted by atomic mass is 35.7. The van der Waals surface area contributed by atoms with E-state index in [4.69, 9.17) is 15.8 Å². The van der Waals surface area contributed by atoms with Gasteiger partial charge in [0.25, 0.3) is 9.05 Å². The highest BCUT2D eigenvalue weighted by Gasteiger charge is 2.08. The summed E-state index contributed by atoms with van der Waals surface area (Å²) in [5, 5.41) is 8.45. The molecule has 0 fully saturated rings. The van der Waals surface area contributed by atoms with Gasteiger partial charge in [-0.3, -0.25) is 4.79 Å². The Morgan fingerprint density at radius 1 is 1.25 bits per heavy atom. The molecule has 0 aliphatic rings. The predicted octanol–water partition coefficient (Wildman–Crippen LogP) is 2.02. The summed E-state index contributed by atoms with van der Waals surface area (Å²) in [4.78, 5) is 10.3. The van der Waals surface area contributed by atoms with Crippen LogP contribution in [-0.4, -0.2) is 19.5 Å². The van der Waals surface area contributed by atoms with Crippen LogP contribution in [-0.2, 0) is 20.3 Å². The molecule has 0 aromatic heterocycles. The van der Waals surface area contributed by atoms with Gasteiger partial charge in [0.1, 0.15) is 0 Å². The molecule has 1 rings (SSSR count).